The fourth-order valence-electron chi connectivity index (χ4n) is 3.81. The molecule has 2 aromatic rings. The van der Waals surface area contributed by atoms with Crippen molar-refractivity contribution < 1.29 is 9.21 Å². The van der Waals surface area contributed by atoms with Crippen molar-refractivity contribution in [2.45, 2.75) is 51.9 Å². The van der Waals surface area contributed by atoms with Crippen LogP contribution in [0.15, 0.2) is 22.3 Å². The third kappa shape index (κ3) is 2.68. The van der Waals surface area contributed by atoms with Gasteiger partial charge in [0.1, 0.15) is 5.76 Å². The van der Waals surface area contributed by atoms with Crippen LogP contribution in [0.2, 0.25) is 0 Å². The van der Waals surface area contributed by atoms with Gasteiger partial charge in [-0.15, -0.1) is 0 Å². The molecule has 2 N–H and O–H groups in total. The molecule has 0 bridgehead atoms. The summed E-state index contributed by atoms with van der Waals surface area (Å²) in [6.07, 6.45) is 11.8. The number of hydrogen-bond donors (Lipinski definition) is 2. The summed E-state index contributed by atoms with van der Waals surface area (Å²) in [4.78, 5) is 12.5. The topological polar surface area (TPSA) is 70.9 Å². The minimum atomic E-state index is -0.112. The maximum atomic E-state index is 12.5. The first kappa shape index (κ1) is 15.2. The summed E-state index contributed by atoms with van der Waals surface area (Å²) in [5, 5.41) is 10.2. The standard InChI is InChI=1S/C19H23N3O2/c1-12-16-15(8-7-14-11-21-22-17(14)16)24-18(12)19(23)20-10-9-13-5-3-2-4-6-13/h5,11H,2-4,6-10H2,1H3,(H,20,23)(H,21,22). The van der Waals surface area contributed by atoms with Gasteiger partial charge in [0.25, 0.3) is 5.91 Å². The maximum Gasteiger partial charge on any atom is 0.287 e. The average Bonchev–Trinajstić information content (AvgIpc) is 3.20. The van der Waals surface area contributed by atoms with E-state index in [0.717, 1.165) is 41.8 Å². The fourth-order valence-corrected chi connectivity index (χ4v) is 3.81. The highest BCUT2D eigenvalue weighted by molar-refractivity contribution is 5.95. The van der Waals surface area contributed by atoms with E-state index in [4.69, 9.17) is 4.42 Å². The van der Waals surface area contributed by atoms with Crippen molar-refractivity contribution in [3.8, 4) is 11.3 Å². The third-order valence-electron chi connectivity index (χ3n) is 5.13. The quantitative estimate of drug-likeness (QED) is 0.842. The zero-order valence-electron chi connectivity index (χ0n) is 14.1. The Kier molecular flexibility index (Phi) is 4.00. The first-order chi connectivity index (χ1) is 11.7. The molecular formula is C19H23N3O2. The predicted molar refractivity (Wildman–Crippen MR) is 91.9 cm³/mol. The van der Waals surface area contributed by atoms with E-state index >= 15 is 0 Å². The van der Waals surface area contributed by atoms with Gasteiger partial charge in [-0.3, -0.25) is 9.89 Å². The predicted octanol–water partition coefficient (Wildman–Crippen LogP) is 3.70. The molecule has 2 aliphatic carbocycles. The Morgan fingerprint density at radius 3 is 3.08 bits per heavy atom. The Balaban J connectivity index is 1.47. The Labute approximate surface area is 141 Å². The Morgan fingerprint density at radius 1 is 1.33 bits per heavy atom. The Morgan fingerprint density at radius 2 is 2.25 bits per heavy atom. The number of H-pyrrole nitrogens is 1. The van der Waals surface area contributed by atoms with Crippen LogP contribution in [0.1, 0.15) is 59.5 Å². The zero-order valence-corrected chi connectivity index (χ0v) is 14.1. The van der Waals surface area contributed by atoms with E-state index in [1.54, 1.807) is 0 Å². The molecule has 0 saturated carbocycles. The molecule has 0 aromatic carbocycles. The summed E-state index contributed by atoms with van der Waals surface area (Å²) in [6.45, 7) is 2.63. The summed E-state index contributed by atoms with van der Waals surface area (Å²) in [6, 6.07) is 0. The van der Waals surface area contributed by atoms with Gasteiger partial charge in [-0.25, -0.2) is 0 Å². The largest absolute Gasteiger partial charge is 0.455 e. The third-order valence-corrected chi connectivity index (χ3v) is 5.13. The molecule has 0 atom stereocenters. The lowest BCUT2D eigenvalue weighted by molar-refractivity contribution is 0.0923. The molecule has 126 valence electrons. The normalized spacial score (nSPS) is 16.3. The maximum absolute atomic E-state index is 12.5. The second kappa shape index (κ2) is 6.30. The van der Waals surface area contributed by atoms with Crippen molar-refractivity contribution in [2.75, 3.05) is 6.54 Å². The van der Waals surface area contributed by atoms with E-state index in [0.29, 0.717) is 12.3 Å². The lowest BCUT2D eigenvalue weighted by atomic mass is 9.93. The number of furan rings is 1. The lowest BCUT2D eigenvalue weighted by Crippen LogP contribution is -2.25. The molecule has 2 aliphatic rings. The monoisotopic (exact) mass is 325 g/mol. The summed E-state index contributed by atoms with van der Waals surface area (Å²) in [7, 11) is 0. The van der Waals surface area contributed by atoms with Crippen LogP contribution in [-0.4, -0.2) is 22.6 Å². The molecule has 2 aromatic heterocycles. The molecule has 2 heterocycles. The molecule has 4 rings (SSSR count). The van der Waals surface area contributed by atoms with Gasteiger partial charge in [0.2, 0.25) is 0 Å². The number of carbonyl (C=O) groups is 1. The van der Waals surface area contributed by atoms with E-state index in [9.17, 15) is 4.79 Å². The van der Waals surface area contributed by atoms with E-state index < -0.39 is 0 Å². The molecule has 24 heavy (non-hydrogen) atoms. The number of nitrogens with one attached hydrogen (secondary N) is 2. The molecule has 0 saturated heterocycles. The van der Waals surface area contributed by atoms with Crippen molar-refractivity contribution in [3.05, 3.63) is 40.5 Å². The number of fused-ring (bicyclic) bond motifs is 3. The Bertz CT molecular complexity index is 798. The SMILES string of the molecule is Cc1c(C(=O)NCCC2=CCCCC2)oc2c1-c1[nH]ncc1CC2. The Hall–Kier alpha value is -2.30. The van der Waals surface area contributed by atoms with Crippen LogP contribution in [-0.2, 0) is 12.8 Å². The summed E-state index contributed by atoms with van der Waals surface area (Å²) in [5.74, 6) is 1.23. The summed E-state index contributed by atoms with van der Waals surface area (Å²) < 4.78 is 5.89. The smallest absolute Gasteiger partial charge is 0.287 e. The van der Waals surface area contributed by atoms with Crippen LogP contribution in [0.4, 0.5) is 0 Å². The highest BCUT2D eigenvalue weighted by Crippen LogP contribution is 2.37. The number of carbonyl (C=O) groups excluding carboxylic acids is 1. The van der Waals surface area contributed by atoms with Crippen molar-refractivity contribution in [2.24, 2.45) is 0 Å². The first-order valence-corrected chi connectivity index (χ1v) is 8.85. The van der Waals surface area contributed by atoms with Gasteiger partial charge in [-0.05, 0) is 51.0 Å². The molecule has 0 radical (unpaired) electrons. The number of aryl methyl sites for hydroxylation is 2. The van der Waals surface area contributed by atoms with Crippen LogP contribution in [0.25, 0.3) is 11.3 Å². The molecule has 0 fully saturated rings. The molecule has 0 spiro atoms. The fraction of sp³-hybridized carbons (Fsp3) is 0.474. The number of allylic oxidation sites excluding steroid dienone is 1. The minimum absolute atomic E-state index is 0.112. The molecule has 5 nitrogen and oxygen atoms in total. The lowest BCUT2D eigenvalue weighted by Gasteiger charge is -2.12. The second-order valence-corrected chi connectivity index (χ2v) is 6.74. The van der Waals surface area contributed by atoms with Gasteiger partial charge in [0.05, 0.1) is 11.9 Å². The van der Waals surface area contributed by atoms with Gasteiger partial charge < -0.3 is 9.73 Å². The van der Waals surface area contributed by atoms with Crippen molar-refractivity contribution in [1.29, 1.82) is 0 Å². The highest BCUT2D eigenvalue weighted by Gasteiger charge is 2.28. The van der Waals surface area contributed by atoms with Crippen LogP contribution >= 0.6 is 0 Å². The van der Waals surface area contributed by atoms with E-state index in [2.05, 4.69) is 21.6 Å². The van der Waals surface area contributed by atoms with Crippen LogP contribution in [0.5, 0.6) is 0 Å². The molecule has 1 amide bonds. The van der Waals surface area contributed by atoms with Gasteiger partial charge in [0, 0.05) is 24.1 Å². The molecule has 0 unspecified atom stereocenters. The number of aromatic nitrogens is 2. The van der Waals surface area contributed by atoms with Crippen molar-refractivity contribution >= 4 is 5.91 Å². The zero-order chi connectivity index (χ0) is 16.5. The van der Waals surface area contributed by atoms with Crippen LogP contribution in [0.3, 0.4) is 0 Å². The number of hydrogen-bond acceptors (Lipinski definition) is 3. The van der Waals surface area contributed by atoms with Gasteiger partial charge in [0.15, 0.2) is 5.76 Å². The van der Waals surface area contributed by atoms with Crippen molar-refractivity contribution in [3.63, 3.8) is 0 Å². The molecular weight excluding hydrogens is 302 g/mol. The van der Waals surface area contributed by atoms with E-state index in [1.165, 1.54) is 36.8 Å². The summed E-state index contributed by atoms with van der Waals surface area (Å²) >= 11 is 0. The number of amides is 1. The van der Waals surface area contributed by atoms with Crippen LogP contribution in [0, 0.1) is 6.92 Å². The number of nitrogens with zero attached hydrogens (tertiary/aromatic N) is 1. The van der Waals surface area contributed by atoms with Gasteiger partial charge in [-0.2, -0.15) is 5.10 Å². The highest BCUT2D eigenvalue weighted by atomic mass is 16.4. The number of rotatable bonds is 4. The van der Waals surface area contributed by atoms with Crippen molar-refractivity contribution in [1.82, 2.24) is 15.5 Å². The number of aromatic amines is 1. The second-order valence-electron chi connectivity index (χ2n) is 6.74. The van der Waals surface area contributed by atoms with Gasteiger partial charge in [-0.1, -0.05) is 11.6 Å². The van der Waals surface area contributed by atoms with Gasteiger partial charge >= 0.3 is 0 Å². The van der Waals surface area contributed by atoms with E-state index in [-0.39, 0.29) is 5.91 Å². The molecule has 5 heteroatoms. The average molecular weight is 325 g/mol. The summed E-state index contributed by atoms with van der Waals surface area (Å²) in [5.41, 5.74) is 5.60. The molecule has 0 aliphatic heterocycles. The van der Waals surface area contributed by atoms with E-state index in [1.807, 2.05) is 13.1 Å². The van der Waals surface area contributed by atoms with Crippen LogP contribution < -0.4 is 5.32 Å². The minimum Gasteiger partial charge on any atom is -0.455 e. The first-order valence-electron chi connectivity index (χ1n) is 8.85.